The summed E-state index contributed by atoms with van der Waals surface area (Å²) in [5.74, 6) is -1.19. The van der Waals surface area contributed by atoms with Crippen LogP contribution in [0.1, 0.15) is 31.2 Å². The van der Waals surface area contributed by atoms with Crippen molar-refractivity contribution in [2.75, 3.05) is 18.0 Å². The summed E-state index contributed by atoms with van der Waals surface area (Å²) in [6.45, 7) is 3.95. The van der Waals surface area contributed by atoms with Crippen molar-refractivity contribution in [3.05, 3.63) is 29.8 Å². The van der Waals surface area contributed by atoms with Gasteiger partial charge in [-0.3, -0.25) is 4.79 Å². The summed E-state index contributed by atoms with van der Waals surface area (Å²) in [6.07, 6.45) is 2.51. The predicted octanol–water partition coefficient (Wildman–Crippen LogP) is 2.47. The second-order valence-corrected chi connectivity index (χ2v) is 4.35. The van der Waals surface area contributed by atoms with E-state index in [9.17, 15) is 4.79 Å². The van der Waals surface area contributed by atoms with Crippen LogP contribution in [0.3, 0.4) is 0 Å². The van der Waals surface area contributed by atoms with Crippen molar-refractivity contribution in [1.29, 1.82) is 0 Å². The van der Waals surface area contributed by atoms with E-state index >= 15 is 0 Å². The van der Waals surface area contributed by atoms with Gasteiger partial charge < -0.3 is 10.0 Å². The van der Waals surface area contributed by atoms with Gasteiger partial charge in [0.2, 0.25) is 0 Å². The third-order valence-corrected chi connectivity index (χ3v) is 3.23. The van der Waals surface area contributed by atoms with Crippen LogP contribution in [-0.2, 0) is 4.79 Å². The van der Waals surface area contributed by atoms with Gasteiger partial charge in [-0.25, -0.2) is 0 Å². The quantitative estimate of drug-likeness (QED) is 0.849. The van der Waals surface area contributed by atoms with E-state index in [0.717, 1.165) is 18.7 Å². The van der Waals surface area contributed by atoms with Gasteiger partial charge in [-0.15, -0.1) is 0 Å². The van der Waals surface area contributed by atoms with Crippen LogP contribution >= 0.6 is 0 Å². The highest BCUT2D eigenvalue weighted by atomic mass is 16.4. The van der Waals surface area contributed by atoms with E-state index in [2.05, 4.69) is 4.90 Å². The average molecular weight is 219 g/mol. The molecule has 0 amide bonds. The largest absolute Gasteiger partial charge is 0.481 e. The molecule has 0 unspecified atom stereocenters. The van der Waals surface area contributed by atoms with E-state index < -0.39 is 11.9 Å². The highest BCUT2D eigenvalue weighted by Gasteiger charge is 2.15. The lowest BCUT2D eigenvalue weighted by atomic mass is 10.0. The lowest BCUT2D eigenvalue weighted by Gasteiger charge is -2.18. The highest BCUT2D eigenvalue weighted by molar-refractivity contribution is 5.75. The van der Waals surface area contributed by atoms with Crippen molar-refractivity contribution in [2.24, 2.45) is 0 Å². The van der Waals surface area contributed by atoms with Crippen LogP contribution in [0.5, 0.6) is 0 Å². The number of benzene rings is 1. The molecule has 0 spiro atoms. The zero-order valence-corrected chi connectivity index (χ0v) is 9.52. The Hall–Kier alpha value is -1.51. The van der Waals surface area contributed by atoms with Gasteiger partial charge in [0.15, 0.2) is 0 Å². The van der Waals surface area contributed by atoms with Crippen LogP contribution in [0.4, 0.5) is 5.69 Å². The van der Waals surface area contributed by atoms with Gasteiger partial charge in [0.1, 0.15) is 0 Å². The maximum absolute atomic E-state index is 10.8. The Morgan fingerprint density at radius 3 is 2.31 bits per heavy atom. The zero-order valence-electron chi connectivity index (χ0n) is 9.52. The minimum absolute atomic E-state index is 0.423. The predicted molar refractivity (Wildman–Crippen MR) is 63.9 cm³/mol. The van der Waals surface area contributed by atoms with Gasteiger partial charge >= 0.3 is 5.97 Å². The van der Waals surface area contributed by atoms with E-state index in [1.54, 1.807) is 6.92 Å². The molecule has 1 heterocycles. The third-order valence-electron chi connectivity index (χ3n) is 3.23. The van der Waals surface area contributed by atoms with E-state index in [-0.39, 0.29) is 0 Å². The summed E-state index contributed by atoms with van der Waals surface area (Å²) >= 11 is 0. The number of aliphatic carboxylic acids is 1. The minimum atomic E-state index is -0.770. The molecule has 0 aromatic heterocycles. The number of hydrogen-bond acceptors (Lipinski definition) is 2. The summed E-state index contributed by atoms with van der Waals surface area (Å²) in [5.41, 5.74) is 2.08. The van der Waals surface area contributed by atoms with E-state index in [1.165, 1.54) is 18.5 Å². The molecule has 1 atom stereocenters. The van der Waals surface area contributed by atoms with Gasteiger partial charge in [-0.05, 0) is 37.5 Å². The van der Waals surface area contributed by atoms with Crippen LogP contribution < -0.4 is 4.90 Å². The van der Waals surface area contributed by atoms with Crippen LogP contribution in [0.25, 0.3) is 0 Å². The lowest BCUT2D eigenvalue weighted by Crippen LogP contribution is -2.17. The van der Waals surface area contributed by atoms with Crippen molar-refractivity contribution in [3.8, 4) is 0 Å². The molecule has 1 fully saturated rings. The summed E-state index contributed by atoms with van der Waals surface area (Å²) in [6, 6.07) is 7.90. The summed E-state index contributed by atoms with van der Waals surface area (Å²) in [7, 11) is 0. The maximum Gasteiger partial charge on any atom is 0.310 e. The Labute approximate surface area is 95.7 Å². The van der Waals surface area contributed by atoms with E-state index in [0.29, 0.717) is 0 Å². The number of hydrogen-bond donors (Lipinski definition) is 1. The number of anilines is 1. The van der Waals surface area contributed by atoms with Crippen molar-refractivity contribution in [3.63, 3.8) is 0 Å². The first-order chi connectivity index (χ1) is 7.68. The third kappa shape index (κ3) is 2.18. The number of carboxylic acid groups (broad SMARTS) is 1. The van der Waals surface area contributed by atoms with Crippen molar-refractivity contribution < 1.29 is 9.90 Å². The molecule has 0 radical (unpaired) electrons. The monoisotopic (exact) mass is 219 g/mol. The topological polar surface area (TPSA) is 40.5 Å². The van der Waals surface area contributed by atoms with E-state index in [4.69, 9.17) is 5.11 Å². The van der Waals surface area contributed by atoms with Gasteiger partial charge in [-0.2, -0.15) is 0 Å². The van der Waals surface area contributed by atoms with Crippen molar-refractivity contribution >= 4 is 11.7 Å². The molecule has 0 aliphatic carbocycles. The molecule has 16 heavy (non-hydrogen) atoms. The summed E-state index contributed by atoms with van der Waals surface area (Å²) in [4.78, 5) is 13.2. The Bertz CT molecular complexity index is 366. The number of rotatable bonds is 3. The highest BCUT2D eigenvalue weighted by Crippen LogP contribution is 2.23. The molecule has 86 valence electrons. The minimum Gasteiger partial charge on any atom is -0.481 e. The fourth-order valence-electron chi connectivity index (χ4n) is 2.09. The first-order valence-electron chi connectivity index (χ1n) is 5.76. The Kier molecular flexibility index (Phi) is 3.13. The summed E-state index contributed by atoms with van der Waals surface area (Å²) in [5, 5.41) is 8.91. The van der Waals surface area contributed by atoms with Crippen LogP contribution in [0, 0.1) is 0 Å². The molecule has 3 heteroatoms. The Morgan fingerprint density at radius 1 is 1.25 bits per heavy atom. The standard InChI is InChI=1S/C13H17NO2/c1-10(13(15)16)11-4-6-12(7-5-11)14-8-2-3-9-14/h4-7,10H,2-3,8-9H2,1H3,(H,15,16)/t10-/m0/s1. The van der Waals surface area contributed by atoms with Crippen LogP contribution in [0.15, 0.2) is 24.3 Å². The van der Waals surface area contributed by atoms with Gasteiger partial charge in [0, 0.05) is 18.8 Å². The Morgan fingerprint density at radius 2 is 1.81 bits per heavy atom. The number of carbonyl (C=O) groups is 1. The van der Waals surface area contributed by atoms with Crippen LogP contribution in [-0.4, -0.2) is 24.2 Å². The molecule has 1 saturated heterocycles. The smallest absolute Gasteiger partial charge is 0.310 e. The first kappa shape index (κ1) is 11.0. The molecule has 1 N–H and O–H groups in total. The second kappa shape index (κ2) is 4.56. The SMILES string of the molecule is C[C@H](C(=O)O)c1ccc(N2CCCC2)cc1. The van der Waals surface area contributed by atoms with Gasteiger partial charge in [0.05, 0.1) is 5.92 Å². The molecular formula is C13H17NO2. The molecular weight excluding hydrogens is 202 g/mol. The van der Waals surface area contributed by atoms with Crippen LogP contribution in [0.2, 0.25) is 0 Å². The molecule has 0 saturated carbocycles. The van der Waals surface area contributed by atoms with E-state index in [1.807, 2.05) is 24.3 Å². The fraction of sp³-hybridized carbons (Fsp3) is 0.462. The van der Waals surface area contributed by atoms with Crippen molar-refractivity contribution in [1.82, 2.24) is 0 Å². The maximum atomic E-state index is 10.8. The molecule has 1 aromatic rings. The lowest BCUT2D eigenvalue weighted by molar-refractivity contribution is -0.138. The van der Waals surface area contributed by atoms with Gasteiger partial charge in [-0.1, -0.05) is 12.1 Å². The molecule has 0 bridgehead atoms. The second-order valence-electron chi connectivity index (χ2n) is 4.35. The normalized spacial score (nSPS) is 17.4. The Balaban J connectivity index is 2.12. The molecule has 1 aliphatic heterocycles. The van der Waals surface area contributed by atoms with Gasteiger partial charge in [0.25, 0.3) is 0 Å². The fourth-order valence-corrected chi connectivity index (χ4v) is 2.09. The first-order valence-corrected chi connectivity index (χ1v) is 5.76. The molecule has 1 aliphatic rings. The number of carboxylic acids is 1. The average Bonchev–Trinajstić information content (AvgIpc) is 2.81. The molecule has 2 rings (SSSR count). The number of nitrogens with zero attached hydrogens (tertiary/aromatic N) is 1. The molecule has 1 aromatic carbocycles. The van der Waals surface area contributed by atoms with Crippen molar-refractivity contribution in [2.45, 2.75) is 25.7 Å². The summed E-state index contributed by atoms with van der Waals surface area (Å²) < 4.78 is 0. The zero-order chi connectivity index (χ0) is 11.5. The molecule has 3 nitrogen and oxygen atoms in total.